The summed E-state index contributed by atoms with van der Waals surface area (Å²) in [7, 11) is 0. The molecule has 1 amide bonds. The summed E-state index contributed by atoms with van der Waals surface area (Å²) >= 11 is 0. The van der Waals surface area contributed by atoms with E-state index in [1.165, 1.54) is 24.3 Å². The summed E-state index contributed by atoms with van der Waals surface area (Å²) < 4.78 is 39.3. The fourth-order valence-corrected chi connectivity index (χ4v) is 2.00. The first-order chi connectivity index (χ1) is 10.2. The maximum atomic E-state index is 13.1. The minimum absolute atomic E-state index is 0.0950. The van der Waals surface area contributed by atoms with E-state index in [0.29, 0.717) is 5.56 Å². The van der Waals surface area contributed by atoms with E-state index in [1.54, 1.807) is 4.98 Å². The lowest BCUT2D eigenvalue weighted by Crippen LogP contribution is -2.27. The molecule has 0 spiro atoms. The SMILES string of the molecule is NC(=O)c1cc(-c2cccc(CO)c2)c(C(F)(F)F)[nH]c1=O. The van der Waals surface area contributed by atoms with Crippen LogP contribution in [0.25, 0.3) is 11.1 Å². The molecule has 0 aliphatic carbocycles. The molecule has 2 rings (SSSR count). The summed E-state index contributed by atoms with van der Waals surface area (Å²) in [5.41, 5.74) is 2.03. The van der Waals surface area contributed by atoms with E-state index in [2.05, 4.69) is 0 Å². The molecule has 8 heteroatoms. The van der Waals surface area contributed by atoms with Crippen molar-refractivity contribution >= 4 is 5.91 Å². The van der Waals surface area contributed by atoms with Crippen LogP contribution in [0.4, 0.5) is 13.2 Å². The van der Waals surface area contributed by atoms with Crippen molar-refractivity contribution in [3.05, 3.63) is 57.5 Å². The number of aliphatic hydroxyl groups excluding tert-OH is 1. The average Bonchev–Trinajstić information content (AvgIpc) is 2.45. The van der Waals surface area contributed by atoms with Crippen LogP contribution in [0.2, 0.25) is 0 Å². The molecule has 0 aliphatic rings. The van der Waals surface area contributed by atoms with Crippen molar-refractivity contribution in [2.75, 3.05) is 0 Å². The van der Waals surface area contributed by atoms with E-state index in [1.807, 2.05) is 0 Å². The van der Waals surface area contributed by atoms with Crippen molar-refractivity contribution in [2.24, 2.45) is 5.73 Å². The number of rotatable bonds is 3. The lowest BCUT2D eigenvalue weighted by Gasteiger charge is -2.14. The van der Waals surface area contributed by atoms with Gasteiger partial charge in [-0.2, -0.15) is 13.2 Å². The van der Waals surface area contributed by atoms with Crippen LogP contribution < -0.4 is 11.3 Å². The zero-order chi connectivity index (χ0) is 16.5. The Bertz CT molecular complexity index is 782. The number of primary amides is 1. The first-order valence-electron chi connectivity index (χ1n) is 6.08. The van der Waals surface area contributed by atoms with Crippen LogP contribution in [0.1, 0.15) is 21.6 Å². The Morgan fingerprint density at radius 3 is 2.50 bits per heavy atom. The van der Waals surface area contributed by atoms with Crippen molar-refractivity contribution in [3.8, 4) is 11.1 Å². The second-order valence-electron chi connectivity index (χ2n) is 4.52. The number of benzene rings is 1. The molecule has 22 heavy (non-hydrogen) atoms. The summed E-state index contributed by atoms with van der Waals surface area (Å²) in [4.78, 5) is 24.4. The Balaban J connectivity index is 2.78. The second kappa shape index (κ2) is 5.64. The van der Waals surface area contributed by atoms with Gasteiger partial charge < -0.3 is 15.8 Å². The summed E-state index contributed by atoms with van der Waals surface area (Å²) in [6, 6.07) is 6.48. The van der Waals surface area contributed by atoms with Crippen LogP contribution >= 0.6 is 0 Å². The number of aliphatic hydroxyl groups is 1. The number of pyridine rings is 1. The third-order valence-electron chi connectivity index (χ3n) is 3.01. The minimum Gasteiger partial charge on any atom is -0.392 e. The van der Waals surface area contributed by atoms with Crippen LogP contribution in [-0.4, -0.2) is 16.0 Å². The minimum atomic E-state index is -4.82. The number of halogens is 3. The van der Waals surface area contributed by atoms with Gasteiger partial charge in [-0.15, -0.1) is 0 Å². The summed E-state index contributed by atoms with van der Waals surface area (Å²) in [5, 5.41) is 9.07. The molecule has 5 nitrogen and oxygen atoms in total. The Morgan fingerprint density at radius 1 is 1.27 bits per heavy atom. The summed E-state index contributed by atoms with van der Waals surface area (Å²) in [6.07, 6.45) is -4.82. The molecule has 0 fully saturated rings. The van der Waals surface area contributed by atoms with E-state index in [0.717, 1.165) is 6.07 Å². The van der Waals surface area contributed by atoms with Crippen molar-refractivity contribution in [3.63, 3.8) is 0 Å². The number of hydrogen-bond acceptors (Lipinski definition) is 3. The molecule has 1 aromatic heterocycles. The first-order valence-corrected chi connectivity index (χ1v) is 6.08. The van der Waals surface area contributed by atoms with Crippen LogP contribution in [0.3, 0.4) is 0 Å². The van der Waals surface area contributed by atoms with Crippen LogP contribution in [0.5, 0.6) is 0 Å². The molecule has 0 aliphatic heterocycles. The number of amides is 1. The maximum absolute atomic E-state index is 13.1. The predicted octanol–water partition coefficient (Wildman–Crippen LogP) is 1.65. The molecule has 1 heterocycles. The average molecular weight is 312 g/mol. The van der Waals surface area contributed by atoms with E-state index in [4.69, 9.17) is 10.8 Å². The van der Waals surface area contributed by atoms with Crippen molar-refractivity contribution in [1.29, 1.82) is 0 Å². The van der Waals surface area contributed by atoms with Gasteiger partial charge in [-0.25, -0.2) is 0 Å². The topological polar surface area (TPSA) is 96.2 Å². The molecule has 1 aromatic carbocycles. The largest absolute Gasteiger partial charge is 0.431 e. The van der Waals surface area contributed by atoms with Gasteiger partial charge in [0.15, 0.2) is 0 Å². The van der Waals surface area contributed by atoms with Gasteiger partial charge in [-0.3, -0.25) is 9.59 Å². The molecule has 0 atom stereocenters. The third-order valence-corrected chi connectivity index (χ3v) is 3.01. The molecule has 0 saturated heterocycles. The van der Waals surface area contributed by atoms with Gasteiger partial charge in [0.1, 0.15) is 11.3 Å². The monoisotopic (exact) mass is 312 g/mol. The highest BCUT2D eigenvalue weighted by Crippen LogP contribution is 2.35. The predicted molar refractivity (Wildman–Crippen MR) is 71.9 cm³/mol. The normalized spacial score (nSPS) is 11.5. The zero-order valence-electron chi connectivity index (χ0n) is 11.1. The number of alkyl halides is 3. The Morgan fingerprint density at radius 2 is 1.95 bits per heavy atom. The lowest BCUT2D eigenvalue weighted by atomic mass is 9.99. The first kappa shape index (κ1) is 15.8. The summed E-state index contributed by atoms with van der Waals surface area (Å²) in [6.45, 7) is -0.360. The highest BCUT2D eigenvalue weighted by atomic mass is 19.4. The molecule has 0 bridgehead atoms. The van der Waals surface area contributed by atoms with E-state index in [9.17, 15) is 22.8 Å². The number of nitrogens with two attached hydrogens (primary N) is 1. The second-order valence-corrected chi connectivity index (χ2v) is 4.52. The molecular weight excluding hydrogens is 301 g/mol. The van der Waals surface area contributed by atoms with Gasteiger partial charge in [0.2, 0.25) is 0 Å². The van der Waals surface area contributed by atoms with Crippen molar-refractivity contribution in [2.45, 2.75) is 12.8 Å². The number of aromatic amines is 1. The molecule has 0 radical (unpaired) electrons. The highest BCUT2D eigenvalue weighted by molar-refractivity contribution is 5.93. The maximum Gasteiger partial charge on any atom is 0.431 e. The molecule has 2 aromatic rings. The molecular formula is C14H11F3N2O3. The van der Waals surface area contributed by atoms with Crippen LogP contribution in [0, 0.1) is 0 Å². The van der Waals surface area contributed by atoms with Gasteiger partial charge in [-0.05, 0) is 23.3 Å². The van der Waals surface area contributed by atoms with E-state index < -0.39 is 34.5 Å². The smallest absolute Gasteiger partial charge is 0.392 e. The standard InChI is InChI=1S/C14H11F3N2O3/c15-14(16,17)11-9(5-10(12(18)21)13(22)19-11)8-3-1-2-7(4-8)6-20/h1-5,20H,6H2,(H2,18,21)(H,19,22). The Hall–Kier alpha value is -2.61. The highest BCUT2D eigenvalue weighted by Gasteiger charge is 2.36. The number of H-pyrrole nitrogens is 1. The number of nitrogens with one attached hydrogen (secondary N) is 1. The number of carbonyl (C=O) groups excluding carboxylic acids is 1. The van der Waals surface area contributed by atoms with Gasteiger partial charge in [-0.1, -0.05) is 18.2 Å². The van der Waals surface area contributed by atoms with Crippen LogP contribution in [0.15, 0.2) is 35.1 Å². The molecule has 116 valence electrons. The molecule has 4 N–H and O–H groups in total. The van der Waals surface area contributed by atoms with Gasteiger partial charge in [0.25, 0.3) is 11.5 Å². The fourth-order valence-electron chi connectivity index (χ4n) is 2.00. The fraction of sp³-hybridized carbons (Fsp3) is 0.143. The lowest BCUT2D eigenvalue weighted by molar-refractivity contribution is -0.140. The number of hydrogen-bond donors (Lipinski definition) is 3. The quantitative estimate of drug-likeness (QED) is 0.804. The van der Waals surface area contributed by atoms with E-state index in [-0.39, 0.29) is 12.2 Å². The Labute approximate surface area is 122 Å². The number of aromatic nitrogens is 1. The Kier molecular flexibility index (Phi) is 4.05. The van der Waals surface area contributed by atoms with Crippen molar-refractivity contribution < 1.29 is 23.1 Å². The van der Waals surface area contributed by atoms with Gasteiger partial charge in [0, 0.05) is 5.56 Å². The third kappa shape index (κ3) is 3.01. The van der Waals surface area contributed by atoms with Crippen molar-refractivity contribution in [1.82, 2.24) is 4.98 Å². The van der Waals surface area contributed by atoms with Gasteiger partial charge >= 0.3 is 6.18 Å². The summed E-state index contributed by atoms with van der Waals surface area (Å²) in [5.74, 6) is -1.13. The zero-order valence-corrected chi connectivity index (χ0v) is 11.1. The molecule has 0 unspecified atom stereocenters. The number of carbonyl (C=O) groups is 1. The van der Waals surface area contributed by atoms with Gasteiger partial charge in [0.05, 0.1) is 6.61 Å². The van der Waals surface area contributed by atoms with Crippen LogP contribution in [-0.2, 0) is 12.8 Å². The van der Waals surface area contributed by atoms with E-state index >= 15 is 0 Å². The molecule has 0 saturated carbocycles.